The molecular weight excluding hydrogens is 164 g/mol. The molecule has 2 unspecified atom stereocenters. The lowest BCUT2D eigenvalue weighted by atomic mass is 9.82. The maximum atomic E-state index is 9.17. The number of aliphatic hydroxyl groups is 1. The van der Waals surface area contributed by atoms with Crippen molar-refractivity contribution in [2.45, 2.75) is 31.7 Å². The molecule has 0 aromatic heterocycles. The minimum atomic E-state index is -0.384. The highest BCUT2D eigenvalue weighted by atomic mass is 16.3. The van der Waals surface area contributed by atoms with E-state index in [1.54, 1.807) is 0 Å². The van der Waals surface area contributed by atoms with Gasteiger partial charge in [0.1, 0.15) is 0 Å². The van der Waals surface area contributed by atoms with Crippen molar-refractivity contribution in [2.24, 2.45) is 11.7 Å². The van der Waals surface area contributed by atoms with Crippen molar-refractivity contribution >= 4 is 0 Å². The lowest BCUT2D eigenvalue weighted by Gasteiger charge is -2.31. The van der Waals surface area contributed by atoms with Gasteiger partial charge in [0.15, 0.2) is 0 Å². The second-order valence-electron chi connectivity index (χ2n) is 4.60. The van der Waals surface area contributed by atoms with Gasteiger partial charge in [0.25, 0.3) is 0 Å². The highest BCUT2D eigenvalue weighted by Crippen LogP contribution is 2.25. The Balaban J connectivity index is 2.50. The van der Waals surface area contributed by atoms with Crippen LogP contribution in [0.3, 0.4) is 0 Å². The molecule has 1 aliphatic heterocycles. The third kappa shape index (κ3) is 2.93. The van der Waals surface area contributed by atoms with Crippen molar-refractivity contribution < 1.29 is 5.11 Å². The fourth-order valence-corrected chi connectivity index (χ4v) is 2.03. The van der Waals surface area contributed by atoms with Crippen LogP contribution in [-0.4, -0.2) is 42.3 Å². The zero-order chi connectivity index (χ0) is 9.90. The molecular formula is C10H22N2O. The van der Waals surface area contributed by atoms with Crippen LogP contribution in [0.4, 0.5) is 0 Å². The maximum absolute atomic E-state index is 9.17. The zero-order valence-corrected chi connectivity index (χ0v) is 8.79. The molecule has 3 nitrogen and oxygen atoms in total. The molecule has 2 atom stereocenters. The second-order valence-corrected chi connectivity index (χ2v) is 4.60. The lowest BCUT2D eigenvalue weighted by Crippen LogP contribution is -2.47. The van der Waals surface area contributed by atoms with Crippen LogP contribution < -0.4 is 5.73 Å². The normalized spacial score (nSPS) is 30.9. The Morgan fingerprint density at radius 3 is 2.77 bits per heavy atom. The van der Waals surface area contributed by atoms with Gasteiger partial charge in [-0.05, 0) is 52.2 Å². The minimum absolute atomic E-state index is 0.0986. The molecule has 0 amide bonds. The fourth-order valence-electron chi connectivity index (χ4n) is 2.03. The maximum Gasteiger partial charge on any atom is 0.0611 e. The third-order valence-electron chi connectivity index (χ3n) is 3.23. The second kappa shape index (κ2) is 4.40. The monoisotopic (exact) mass is 186 g/mol. The van der Waals surface area contributed by atoms with Crippen LogP contribution in [0, 0.1) is 5.92 Å². The Labute approximate surface area is 80.9 Å². The van der Waals surface area contributed by atoms with Gasteiger partial charge >= 0.3 is 0 Å². The number of nitrogens with zero attached hydrogens (tertiary/aromatic N) is 1. The van der Waals surface area contributed by atoms with Gasteiger partial charge < -0.3 is 15.7 Å². The molecule has 3 N–H and O–H groups in total. The molecule has 0 radical (unpaired) electrons. The molecule has 13 heavy (non-hydrogen) atoms. The molecule has 78 valence electrons. The summed E-state index contributed by atoms with van der Waals surface area (Å²) in [7, 11) is 2.15. The first-order chi connectivity index (χ1) is 6.06. The zero-order valence-electron chi connectivity index (χ0n) is 8.79. The van der Waals surface area contributed by atoms with E-state index in [2.05, 4.69) is 11.9 Å². The Hall–Kier alpha value is -0.120. The summed E-state index contributed by atoms with van der Waals surface area (Å²) in [4.78, 5) is 2.34. The van der Waals surface area contributed by atoms with Gasteiger partial charge in [-0.1, -0.05) is 0 Å². The summed E-state index contributed by atoms with van der Waals surface area (Å²) in [5.41, 5.74) is 5.65. The molecule has 1 heterocycles. The summed E-state index contributed by atoms with van der Waals surface area (Å²) in [6.45, 7) is 4.33. The van der Waals surface area contributed by atoms with E-state index in [-0.39, 0.29) is 12.1 Å². The van der Waals surface area contributed by atoms with Crippen LogP contribution in [0.2, 0.25) is 0 Å². The highest BCUT2D eigenvalue weighted by Gasteiger charge is 2.30. The van der Waals surface area contributed by atoms with E-state index in [9.17, 15) is 0 Å². The van der Waals surface area contributed by atoms with Gasteiger partial charge in [-0.25, -0.2) is 0 Å². The molecule has 3 heteroatoms. The first-order valence-corrected chi connectivity index (χ1v) is 5.14. The average molecular weight is 186 g/mol. The molecule has 0 aromatic rings. The number of hydrogen-bond donors (Lipinski definition) is 2. The summed E-state index contributed by atoms with van der Waals surface area (Å²) < 4.78 is 0. The predicted molar refractivity (Wildman–Crippen MR) is 54.5 cm³/mol. The number of rotatable bonds is 2. The quantitative estimate of drug-likeness (QED) is 0.657. The summed E-state index contributed by atoms with van der Waals surface area (Å²) in [5.74, 6) is 0.474. The molecule has 1 aliphatic rings. The lowest BCUT2D eigenvalue weighted by molar-refractivity contribution is 0.144. The first-order valence-electron chi connectivity index (χ1n) is 5.14. The van der Waals surface area contributed by atoms with Crippen molar-refractivity contribution in [2.75, 3.05) is 26.7 Å². The predicted octanol–water partition coefficient (Wildman–Crippen LogP) is 0.428. The van der Waals surface area contributed by atoms with Gasteiger partial charge in [0.2, 0.25) is 0 Å². The standard InChI is InChI=1S/C10H22N2O/c1-10(11,8-13)9-4-3-6-12(2)7-5-9/h9,13H,3-8,11H2,1-2H3. The Kier molecular flexibility index (Phi) is 3.71. The van der Waals surface area contributed by atoms with Crippen LogP contribution in [0.25, 0.3) is 0 Å². The number of aliphatic hydroxyl groups excluding tert-OH is 1. The third-order valence-corrected chi connectivity index (χ3v) is 3.23. The van der Waals surface area contributed by atoms with Crippen LogP contribution in [0.1, 0.15) is 26.2 Å². The molecule has 0 spiro atoms. The van der Waals surface area contributed by atoms with E-state index in [4.69, 9.17) is 10.8 Å². The summed E-state index contributed by atoms with van der Waals surface area (Å²) >= 11 is 0. The molecule has 0 bridgehead atoms. The average Bonchev–Trinajstić information content (AvgIpc) is 2.30. The van der Waals surface area contributed by atoms with Crippen molar-refractivity contribution in [3.8, 4) is 0 Å². The molecule has 0 aliphatic carbocycles. The minimum Gasteiger partial charge on any atom is -0.394 e. The number of likely N-dealkylation sites (tertiary alicyclic amines) is 1. The van der Waals surface area contributed by atoms with Gasteiger partial charge in [0.05, 0.1) is 6.61 Å². The Morgan fingerprint density at radius 2 is 2.15 bits per heavy atom. The van der Waals surface area contributed by atoms with Gasteiger partial charge in [0, 0.05) is 5.54 Å². The summed E-state index contributed by atoms with van der Waals surface area (Å²) in [6, 6.07) is 0. The van der Waals surface area contributed by atoms with E-state index in [1.165, 1.54) is 6.42 Å². The Morgan fingerprint density at radius 1 is 1.46 bits per heavy atom. The van der Waals surface area contributed by atoms with E-state index < -0.39 is 0 Å². The number of nitrogens with two attached hydrogens (primary N) is 1. The highest BCUT2D eigenvalue weighted by molar-refractivity contribution is 4.88. The Bertz CT molecular complexity index is 159. The van der Waals surface area contributed by atoms with E-state index >= 15 is 0 Å². The molecule has 0 aromatic carbocycles. The smallest absolute Gasteiger partial charge is 0.0611 e. The van der Waals surface area contributed by atoms with Crippen molar-refractivity contribution in [3.05, 3.63) is 0 Å². The molecule has 1 rings (SSSR count). The molecule has 1 fully saturated rings. The van der Waals surface area contributed by atoms with Crippen molar-refractivity contribution in [1.29, 1.82) is 0 Å². The van der Waals surface area contributed by atoms with Crippen LogP contribution >= 0.6 is 0 Å². The van der Waals surface area contributed by atoms with E-state index in [1.807, 2.05) is 6.92 Å². The topological polar surface area (TPSA) is 49.5 Å². The summed E-state index contributed by atoms with van der Waals surface area (Å²) in [5, 5.41) is 9.17. The largest absolute Gasteiger partial charge is 0.394 e. The van der Waals surface area contributed by atoms with E-state index in [0.29, 0.717) is 5.92 Å². The van der Waals surface area contributed by atoms with Gasteiger partial charge in [-0.2, -0.15) is 0 Å². The van der Waals surface area contributed by atoms with E-state index in [0.717, 1.165) is 25.9 Å². The molecule has 0 saturated carbocycles. The van der Waals surface area contributed by atoms with Crippen molar-refractivity contribution in [1.82, 2.24) is 4.90 Å². The first kappa shape index (κ1) is 11.0. The van der Waals surface area contributed by atoms with Gasteiger partial charge in [-0.3, -0.25) is 0 Å². The number of hydrogen-bond acceptors (Lipinski definition) is 3. The van der Waals surface area contributed by atoms with Crippen LogP contribution in [0.5, 0.6) is 0 Å². The van der Waals surface area contributed by atoms with Crippen molar-refractivity contribution in [3.63, 3.8) is 0 Å². The SMILES string of the molecule is CN1CCCC(C(C)(N)CO)CC1. The van der Waals surface area contributed by atoms with Gasteiger partial charge in [-0.15, -0.1) is 0 Å². The molecule has 1 saturated heterocycles. The van der Waals surface area contributed by atoms with Crippen LogP contribution in [0.15, 0.2) is 0 Å². The van der Waals surface area contributed by atoms with Crippen LogP contribution in [-0.2, 0) is 0 Å². The fraction of sp³-hybridized carbons (Fsp3) is 1.00. The summed E-state index contributed by atoms with van der Waals surface area (Å²) in [6.07, 6.45) is 3.47.